The third-order valence-electron chi connectivity index (χ3n) is 6.58. The van der Waals surface area contributed by atoms with Gasteiger partial charge >= 0.3 is 6.18 Å². The van der Waals surface area contributed by atoms with Gasteiger partial charge in [-0.25, -0.2) is 0 Å². The van der Waals surface area contributed by atoms with E-state index in [9.17, 15) is 27.9 Å². The number of carbonyl (C=O) groups excluding carboxylic acids is 1. The number of alkyl halides is 3. The molecule has 0 atom stereocenters. The Hall–Kier alpha value is -3.73. The SMILES string of the molecule is Cc1cccc(-c2cccc(C)n2)n1.O=C(c1c(O)c2c3ccccc3ccc2n(-c2ccccc2)c1=O)C(F)(F)F.[Eu]. The van der Waals surface area contributed by atoms with Crippen LogP contribution in [-0.2, 0) is 0 Å². The molecule has 0 amide bonds. The van der Waals surface area contributed by atoms with Crippen LogP contribution in [0.1, 0.15) is 21.7 Å². The number of aromatic nitrogens is 3. The largest absolute Gasteiger partial charge is 0.506 e. The van der Waals surface area contributed by atoms with E-state index in [-0.39, 0.29) is 66.0 Å². The molecular formula is C33H24EuF3N3O3. The molecule has 1 N–H and O–H groups in total. The van der Waals surface area contributed by atoms with Gasteiger partial charge in [0.15, 0.2) is 0 Å². The molecule has 10 heteroatoms. The van der Waals surface area contributed by atoms with Crippen LogP contribution in [0, 0.1) is 63.2 Å². The molecule has 0 aliphatic rings. The number of nitrogens with zero attached hydrogens (tertiary/aromatic N) is 3. The average Bonchev–Trinajstić information content (AvgIpc) is 2.97. The molecule has 0 spiro atoms. The maximum Gasteiger partial charge on any atom is 0.455 e. The van der Waals surface area contributed by atoms with Crippen LogP contribution in [0.2, 0.25) is 0 Å². The summed E-state index contributed by atoms with van der Waals surface area (Å²) in [6, 6.07) is 29.9. The minimum absolute atomic E-state index is 0. The molecule has 3 heterocycles. The first kappa shape index (κ1) is 32.2. The van der Waals surface area contributed by atoms with Crippen molar-refractivity contribution in [3.63, 3.8) is 0 Å². The van der Waals surface area contributed by atoms with E-state index >= 15 is 0 Å². The smallest absolute Gasteiger partial charge is 0.455 e. The number of aryl methyl sites for hydroxylation is 2. The van der Waals surface area contributed by atoms with Gasteiger partial charge in [0, 0.05) is 71.8 Å². The van der Waals surface area contributed by atoms with Crippen LogP contribution in [0.3, 0.4) is 0 Å². The summed E-state index contributed by atoms with van der Waals surface area (Å²) in [6.45, 7) is 3.97. The number of carbonyl (C=O) groups is 1. The third kappa shape index (κ3) is 6.77. The molecule has 6 aromatic rings. The van der Waals surface area contributed by atoms with E-state index in [1.165, 1.54) is 18.2 Å². The van der Waals surface area contributed by atoms with Gasteiger partial charge in [-0.15, -0.1) is 0 Å². The van der Waals surface area contributed by atoms with E-state index in [1.807, 2.05) is 50.2 Å². The van der Waals surface area contributed by atoms with Crippen molar-refractivity contribution in [2.75, 3.05) is 0 Å². The first-order valence-corrected chi connectivity index (χ1v) is 12.9. The molecule has 217 valence electrons. The summed E-state index contributed by atoms with van der Waals surface area (Å²) in [5, 5.41) is 11.7. The second kappa shape index (κ2) is 13.3. The van der Waals surface area contributed by atoms with E-state index in [0.29, 0.717) is 10.8 Å². The number of pyridine rings is 3. The summed E-state index contributed by atoms with van der Waals surface area (Å²) in [4.78, 5) is 33.7. The Balaban J connectivity index is 0.000000238. The number of rotatable bonds is 3. The molecule has 3 aromatic heterocycles. The van der Waals surface area contributed by atoms with Crippen molar-refractivity contribution in [1.29, 1.82) is 0 Å². The minimum Gasteiger partial charge on any atom is -0.506 e. The molecule has 6 nitrogen and oxygen atoms in total. The fraction of sp³-hybridized carbons (Fsp3) is 0.0909. The van der Waals surface area contributed by atoms with Crippen molar-refractivity contribution in [3.8, 4) is 22.8 Å². The summed E-state index contributed by atoms with van der Waals surface area (Å²) in [5.74, 6) is -3.35. The quantitative estimate of drug-likeness (QED) is 0.153. The van der Waals surface area contributed by atoms with E-state index in [1.54, 1.807) is 48.5 Å². The van der Waals surface area contributed by atoms with Gasteiger partial charge in [0.1, 0.15) is 11.3 Å². The molecule has 1 radical (unpaired) electrons. The summed E-state index contributed by atoms with van der Waals surface area (Å²) in [7, 11) is 0. The first-order valence-electron chi connectivity index (χ1n) is 12.9. The molecule has 0 bridgehead atoms. The van der Waals surface area contributed by atoms with Crippen molar-refractivity contribution in [1.82, 2.24) is 14.5 Å². The molecule has 0 saturated carbocycles. The number of aromatic hydroxyl groups is 1. The minimum atomic E-state index is -5.30. The van der Waals surface area contributed by atoms with Gasteiger partial charge in [-0.2, -0.15) is 13.2 Å². The second-order valence-electron chi connectivity index (χ2n) is 9.54. The Kier molecular flexibility index (Phi) is 9.94. The molecule has 0 unspecified atom stereocenters. The zero-order valence-electron chi connectivity index (χ0n) is 22.9. The van der Waals surface area contributed by atoms with Crippen molar-refractivity contribution >= 4 is 27.5 Å². The van der Waals surface area contributed by atoms with E-state index in [2.05, 4.69) is 9.97 Å². The van der Waals surface area contributed by atoms with Crippen molar-refractivity contribution in [3.05, 3.63) is 130 Å². The van der Waals surface area contributed by atoms with Crippen LogP contribution < -0.4 is 5.56 Å². The van der Waals surface area contributed by atoms with E-state index in [4.69, 9.17) is 0 Å². The topological polar surface area (TPSA) is 85.1 Å². The monoisotopic (exact) mass is 720 g/mol. The Morgan fingerprint density at radius 2 is 1.30 bits per heavy atom. The van der Waals surface area contributed by atoms with Gasteiger partial charge in [0.2, 0.25) is 0 Å². The fourth-order valence-corrected chi connectivity index (χ4v) is 4.69. The normalized spacial score (nSPS) is 11.0. The number of hydrogen-bond donors (Lipinski definition) is 1. The van der Waals surface area contributed by atoms with Crippen molar-refractivity contribution in [2.45, 2.75) is 20.0 Å². The van der Waals surface area contributed by atoms with Crippen LogP contribution in [0.5, 0.6) is 5.75 Å². The number of ketones is 1. The Bertz CT molecular complexity index is 1970. The Labute approximate surface area is 285 Å². The van der Waals surface area contributed by atoms with Gasteiger partial charge in [-0.1, -0.05) is 60.7 Å². The third-order valence-corrected chi connectivity index (χ3v) is 6.58. The van der Waals surface area contributed by atoms with Crippen LogP contribution in [0.4, 0.5) is 13.2 Å². The predicted octanol–water partition coefficient (Wildman–Crippen LogP) is 7.35. The number of fused-ring (bicyclic) bond motifs is 3. The van der Waals surface area contributed by atoms with E-state index in [0.717, 1.165) is 27.3 Å². The molecule has 43 heavy (non-hydrogen) atoms. The Morgan fingerprint density at radius 1 is 0.744 bits per heavy atom. The van der Waals surface area contributed by atoms with Crippen LogP contribution in [-0.4, -0.2) is 31.6 Å². The summed E-state index contributed by atoms with van der Waals surface area (Å²) < 4.78 is 40.4. The fourth-order valence-electron chi connectivity index (χ4n) is 4.69. The molecule has 0 saturated heterocycles. The summed E-state index contributed by atoms with van der Waals surface area (Å²) in [6.07, 6.45) is -5.30. The summed E-state index contributed by atoms with van der Waals surface area (Å²) in [5.41, 5.74) is 1.88. The van der Waals surface area contributed by atoms with Gasteiger partial charge < -0.3 is 5.11 Å². The van der Waals surface area contributed by atoms with Crippen LogP contribution in [0.15, 0.2) is 108 Å². The zero-order chi connectivity index (χ0) is 30.0. The van der Waals surface area contributed by atoms with Gasteiger partial charge in [-0.3, -0.25) is 24.1 Å². The standard InChI is InChI=1S/C21H12F3NO3.C12H12N2.Eu/c22-21(23,24)19(27)17-18(26)16-14-9-5-4-6-12(14)10-11-15(16)25(20(17)28)13-7-2-1-3-8-13;1-9-5-3-7-11(13-9)12-8-4-6-10(2)14-12;/h1-11,26H;3-8H,1-2H3;. The number of benzene rings is 3. The first-order chi connectivity index (χ1) is 20.1. The van der Waals surface area contributed by atoms with E-state index < -0.39 is 28.8 Å². The van der Waals surface area contributed by atoms with Crippen molar-refractivity contribution < 1.29 is 72.4 Å². The van der Waals surface area contributed by atoms with Crippen molar-refractivity contribution in [2.24, 2.45) is 0 Å². The number of halogens is 3. The van der Waals surface area contributed by atoms with Gasteiger partial charge in [0.25, 0.3) is 11.3 Å². The molecule has 0 aliphatic carbocycles. The summed E-state index contributed by atoms with van der Waals surface area (Å²) >= 11 is 0. The molecular weight excluding hydrogens is 695 g/mol. The molecule has 6 rings (SSSR count). The second-order valence-corrected chi connectivity index (χ2v) is 9.54. The predicted molar refractivity (Wildman–Crippen MR) is 156 cm³/mol. The average molecular weight is 720 g/mol. The molecule has 3 aromatic carbocycles. The molecule has 0 fully saturated rings. The number of Topliss-reactive ketones (excluding diaryl/α,β-unsaturated/α-hetero) is 1. The van der Waals surface area contributed by atoms with Gasteiger partial charge in [0.05, 0.1) is 16.9 Å². The van der Waals surface area contributed by atoms with Crippen LogP contribution >= 0.6 is 0 Å². The zero-order valence-corrected chi connectivity index (χ0v) is 25.4. The van der Waals surface area contributed by atoms with Crippen LogP contribution in [0.25, 0.3) is 38.8 Å². The van der Waals surface area contributed by atoms with Gasteiger partial charge in [-0.05, 0) is 67.1 Å². The number of hydrogen-bond acceptors (Lipinski definition) is 5. The molecule has 0 aliphatic heterocycles. The maximum atomic E-state index is 13.1. The number of para-hydroxylation sites is 1. The maximum absolute atomic E-state index is 13.1. The Morgan fingerprint density at radius 3 is 1.86 bits per heavy atom.